The molecule has 1 N–H and O–H groups in total. The number of rotatable bonds is 8. The fraction of sp³-hybridized carbons (Fsp3) is 0.308. The van der Waals surface area contributed by atoms with E-state index in [-0.39, 0.29) is 23.1 Å². The van der Waals surface area contributed by atoms with Gasteiger partial charge in [-0.25, -0.2) is 0 Å². The van der Waals surface area contributed by atoms with Crippen LogP contribution in [0, 0.1) is 11.1 Å². The molecule has 2 aromatic heterocycles. The molecular weight excluding hydrogens is 418 g/mol. The number of fused-ring (bicyclic) bond motifs is 1. The molecule has 0 aliphatic rings. The van der Waals surface area contributed by atoms with Crippen LogP contribution in [0.5, 0.6) is 11.6 Å². The van der Waals surface area contributed by atoms with Gasteiger partial charge in [0.2, 0.25) is 0 Å². The van der Waals surface area contributed by atoms with Gasteiger partial charge in [0.1, 0.15) is 11.4 Å². The second-order valence-corrected chi connectivity index (χ2v) is 8.57. The molecule has 0 fully saturated rings. The van der Waals surface area contributed by atoms with Crippen LogP contribution in [-0.2, 0) is 19.4 Å². The highest BCUT2D eigenvalue weighted by molar-refractivity contribution is 5.83. The van der Waals surface area contributed by atoms with Gasteiger partial charge >= 0.3 is 11.4 Å². The van der Waals surface area contributed by atoms with Crippen molar-refractivity contribution in [2.75, 3.05) is 14.2 Å². The summed E-state index contributed by atoms with van der Waals surface area (Å²) in [4.78, 5) is 16.9. The Balaban J connectivity index is 1.89. The highest BCUT2D eigenvalue weighted by Crippen LogP contribution is 2.25. The molecule has 4 aromatic rings. The molecule has 2 heterocycles. The second-order valence-electron chi connectivity index (χ2n) is 8.57. The quantitative estimate of drug-likeness (QED) is 0.329. The molecule has 0 bridgehead atoms. The zero-order valence-corrected chi connectivity index (χ0v) is 19.4. The number of methoxy groups -OCH3 is 2. The number of nitrogens with one attached hydrogen (secondary N) is 1. The van der Waals surface area contributed by atoms with E-state index in [9.17, 15) is 10.0 Å². The highest BCUT2D eigenvalue weighted by Gasteiger charge is 2.28. The van der Waals surface area contributed by atoms with Crippen molar-refractivity contribution in [1.82, 2.24) is 9.55 Å². The van der Waals surface area contributed by atoms with Gasteiger partial charge in [-0.2, -0.15) is 0 Å². The lowest BCUT2D eigenvalue weighted by atomic mass is 10.1. The third-order valence-corrected chi connectivity index (χ3v) is 5.82. The summed E-state index contributed by atoms with van der Waals surface area (Å²) in [5.41, 5.74) is 3.37. The van der Waals surface area contributed by atoms with E-state index >= 15 is 0 Å². The van der Waals surface area contributed by atoms with Gasteiger partial charge in [-0.1, -0.05) is 44.2 Å². The Morgan fingerprint density at radius 1 is 1.06 bits per heavy atom. The van der Waals surface area contributed by atoms with Gasteiger partial charge in [0, 0.05) is 29.9 Å². The van der Waals surface area contributed by atoms with E-state index in [2.05, 4.69) is 4.98 Å². The van der Waals surface area contributed by atoms with Crippen molar-refractivity contribution in [1.29, 1.82) is 0 Å². The Hall–Kier alpha value is -3.74. The van der Waals surface area contributed by atoms with Crippen LogP contribution in [0.4, 0.5) is 0 Å². The molecule has 4 rings (SSSR count). The summed E-state index contributed by atoms with van der Waals surface area (Å²) in [7, 11) is 3.09. The normalized spacial score (nSPS) is 11.3. The van der Waals surface area contributed by atoms with Crippen molar-refractivity contribution >= 4 is 10.9 Å². The lowest BCUT2D eigenvalue weighted by molar-refractivity contribution is -0.623. The maximum atomic E-state index is 13.6. The van der Waals surface area contributed by atoms with Crippen molar-refractivity contribution in [3.63, 3.8) is 0 Å². The minimum Gasteiger partial charge on any atom is -0.616 e. The maximum Gasteiger partial charge on any atom is 0.400 e. The van der Waals surface area contributed by atoms with E-state index in [1.165, 1.54) is 7.11 Å². The summed E-state index contributed by atoms with van der Waals surface area (Å²) in [6, 6.07) is 15.5. The Morgan fingerprint density at radius 2 is 1.79 bits per heavy atom. The fourth-order valence-electron chi connectivity index (χ4n) is 4.19. The van der Waals surface area contributed by atoms with Gasteiger partial charge in [-0.3, -0.25) is 9.36 Å². The number of ether oxygens (including phenoxy) is 2. The van der Waals surface area contributed by atoms with E-state index in [0.717, 1.165) is 27.8 Å². The molecule has 0 saturated carbocycles. The van der Waals surface area contributed by atoms with Crippen LogP contribution in [0.25, 0.3) is 10.9 Å². The minimum atomic E-state index is -0.287. The average Bonchev–Trinajstić information content (AvgIpc) is 3.22. The molecule has 0 amide bonds. The van der Waals surface area contributed by atoms with Crippen LogP contribution in [0.15, 0.2) is 59.5 Å². The van der Waals surface area contributed by atoms with Gasteiger partial charge in [0.05, 0.1) is 20.8 Å². The Morgan fingerprint density at radius 3 is 2.45 bits per heavy atom. The van der Waals surface area contributed by atoms with Crippen molar-refractivity contribution in [3.8, 4) is 11.6 Å². The Bertz CT molecular complexity index is 1320. The van der Waals surface area contributed by atoms with Crippen LogP contribution < -0.4 is 19.8 Å². The predicted molar refractivity (Wildman–Crippen MR) is 128 cm³/mol. The summed E-state index contributed by atoms with van der Waals surface area (Å²) in [6.45, 7) is 4.29. The molecule has 7 nitrogen and oxygen atoms in total. The monoisotopic (exact) mass is 447 g/mol. The van der Waals surface area contributed by atoms with Crippen LogP contribution in [0.2, 0.25) is 0 Å². The van der Waals surface area contributed by atoms with Gasteiger partial charge < -0.3 is 19.7 Å². The van der Waals surface area contributed by atoms with Crippen molar-refractivity contribution < 1.29 is 14.2 Å². The maximum absolute atomic E-state index is 13.6. The second kappa shape index (κ2) is 9.40. The van der Waals surface area contributed by atoms with Gasteiger partial charge in [0.15, 0.2) is 0 Å². The molecule has 7 heteroatoms. The summed E-state index contributed by atoms with van der Waals surface area (Å²) < 4.78 is 13.2. The molecule has 0 saturated heterocycles. The molecule has 0 aliphatic carbocycles. The number of aromatic nitrogens is 3. The van der Waals surface area contributed by atoms with E-state index in [4.69, 9.17) is 9.47 Å². The first kappa shape index (κ1) is 22.5. The zero-order chi connectivity index (χ0) is 23.5. The van der Waals surface area contributed by atoms with Gasteiger partial charge in [-0.15, -0.1) is 4.73 Å². The molecular formula is C26H29N3O4. The first-order valence-electron chi connectivity index (χ1n) is 11.0. The van der Waals surface area contributed by atoms with Gasteiger partial charge in [-0.05, 0) is 35.2 Å². The molecule has 0 radical (unpaired) electrons. The lowest BCUT2D eigenvalue weighted by Crippen LogP contribution is -2.46. The van der Waals surface area contributed by atoms with E-state index < -0.39 is 0 Å². The number of aromatic amines is 1. The average molecular weight is 448 g/mol. The Kier molecular flexibility index (Phi) is 6.40. The number of H-pyrrole nitrogens is 1. The number of para-hydroxylation sites is 1. The highest BCUT2D eigenvalue weighted by atomic mass is 16.5. The molecule has 0 unspecified atom stereocenters. The van der Waals surface area contributed by atoms with Crippen LogP contribution in [-0.4, -0.2) is 23.8 Å². The number of benzene rings is 2. The third-order valence-electron chi connectivity index (χ3n) is 5.82. The van der Waals surface area contributed by atoms with E-state index in [1.54, 1.807) is 11.7 Å². The number of nitrogens with zero attached hydrogens (tertiary/aromatic N) is 2. The summed E-state index contributed by atoms with van der Waals surface area (Å²) in [5, 5.41) is 14.3. The van der Waals surface area contributed by atoms with Crippen LogP contribution in [0.3, 0.4) is 0 Å². The molecule has 172 valence electrons. The van der Waals surface area contributed by atoms with E-state index in [1.807, 2.05) is 68.6 Å². The Labute approximate surface area is 192 Å². The van der Waals surface area contributed by atoms with Crippen molar-refractivity contribution in [3.05, 3.63) is 92.8 Å². The molecule has 0 aliphatic heterocycles. The standard InChI is InChI=1S/C26H29N3O4/c1-17(2)13-23-25(30)28(16-18-9-11-20(32-3)12-10-18)24(26(33-4)29(23)31)14-19-15-27-22-8-6-5-7-21(19)22/h5-12,15,17,27H,13-14,16H2,1-4H3. The van der Waals surface area contributed by atoms with E-state index in [0.29, 0.717) is 29.8 Å². The molecule has 0 atom stereocenters. The SMILES string of the molecule is COc1ccc(Cn2c(Cc3c[nH]c4ccccc34)c(OC)[n+]([O-])c(CC(C)C)c2=O)cc1. The van der Waals surface area contributed by atoms with Crippen LogP contribution >= 0.6 is 0 Å². The minimum absolute atomic E-state index is 0.150. The molecule has 2 aromatic carbocycles. The third kappa shape index (κ3) is 4.44. The summed E-state index contributed by atoms with van der Waals surface area (Å²) in [5.74, 6) is 1.05. The predicted octanol–water partition coefficient (Wildman–Crippen LogP) is 3.82. The number of hydrogen-bond donors (Lipinski definition) is 1. The number of hydrogen-bond acceptors (Lipinski definition) is 4. The zero-order valence-electron chi connectivity index (χ0n) is 19.4. The van der Waals surface area contributed by atoms with Crippen LogP contribution in [0.1, 0.15) is 36.4 Å². The van der Waals surface area contributed by atoms with Gasteiger partial charge in [0.25, 0.3) is 5.69 Å². The molecule has 33 heavy (non-hydrogen) atoms. The molecule has 0 spiro atoms. The first-order chi connectivity index (χ1) is 15.9. The largest absolute Gasteiger partial charge is 0.616 e. The lowest BCUT2D eigenvalue weighted by Gasteiger charge is -2.18. The smallest absolute Gasteiger partial charge is 0.400 e. The topological polar surface area (TPSA) is 83.2 Å². The fourth-order valence-corrected chi connectivity index (χ4v) is 4.19. The summed E-state index contributed by atoms with van der Waals surface area (Å²) >= 11 is 0. The van der Waals surface area contributed by atoms with Crippen molar-refractivity contribution in [2.45, 2.75) is 33.2 Å². The summed E-state index contributed by atoms with van der Waals surface area (Å²) in [6.07, 6.45) is 2.67. The first-order valence-corrected chi connectivity index (χ1v) is 11.0. The van der Waals surface area contributed by atoms with Crippen molar-refractivity contribution in [2.24, 2.45) is 5.92 Å².